The molecule has 0 saturated carbocycles. The largest absolute Gasteiger partial charge is 0.378 e. The van der Waals surface area contributed by atoms with Crippen LogP contribution in [0.5, 0.6) is 0 Å². The van der Waals surface area contributed by atoms with Crippen molar-refractivity contribution in [3.8, 4) is 0 Å². The van der Waals surface area contributed by atoms with Crippen molar-refractivity contribution in [1.82, 2.24) is 9.55 Å². The zero-order valence-electron chi connectivity index (χ0n) is 19.0. The van der Waals surface area contributed by atoms with Crippen LogP contribution in [-0.2, 0) is 11.3 Å². The van der Waals surface area contributed by atoms with E-state index in [2.05, 4.69) is 4.90 Å². The highest BCUT2D eigenvalue weighted by atomic mass is 32.2. The lowest BCUT2D eigenvalue weighted by atomic mass is 10.1. The van der Waals surface area contributed by atoms with Crippen LogP contribution in [0, 0.1) is 5.82 Å². The number of morpholine rings is 1. The minimum absolute atomic E-state index is 0.0875. The lowest BCUT2D eigenvalue weighted by Crippen LogP contribution is -2.36. The molecule has 3 aromatic carbocycles. The molecular weight excluding hydrogens is 465 g/mol. The van der Waals surface area contributed by atoms with Crippen LogP contribution < -0.4 is 10.5 Å². The fourth-order valence-electron chi connectivity index (χ4n) is 4.07. The zero-order chi connectivity index (χ0) is 24.2. The molecule has 4 aromatic rings. The molecule has 1 aromatic heterocycles. The highest BCUT2D eigenvalue weighted by molar-refractivity contribution is 7.99. The number of carbonyl (C=O) groups excluding carboxylic acids is 1. The maximum atomic E-state index is 13.7. The summed E-state index contributed by atoms with van der Waals surface area (Å²) in [7, 11) is 0. The number of rotatable bonds is 7. The van der Waals surface area contributed by atoms with Gasteiger partial charge in [-0.1, -0.05) is 42.1 Å². The van der Waals surface area contributed by atoms with Gasteiger partial charge < -0.3 is 9.64 Å². The number of hydrogen-bond donors (Lipinski definition) is 0. The van der Waals surface area contributed by atoms with Crippen molar-refractivity contribution in [2.75, 3.05) is 37.0 Å². The van der Waals surface area contributed by atoms with Crippen molar-refractivity contribution in [2.24, 2.45) is 0 Å². The minimum Gasteiger partial charge on any atom is -0.378 e. The van der Waals surface area contributed by atoms with Gasteiger partial charge in [0.05, 0.1) is 36.4 Å². The maximum absolute atomic E-state index is 13.7. The van der Waals surface area contributed by atoms with Gasteiger partial charge in [-0.3, -0.25) is 14.2 Å². The molecule has 0 amide bonds. The van der Waals surface area contributed by atoms with Crippen molar-refractivity contribution >= 4 is 34.1 Å². The Bertz CT molecular complexity index is 1400. The highest BCUT2D eigenvalue weighted by Gasteiger charge is 2.17. The van der Waals surface area contributed by atoms with E-state index >= 15 is 0 Å². The van der Waals surface area contributed by atoms with E-state index in [1.807, 2.05) is 48.5 Å². The van der Waals surface area contributed by atoms with Crippen LogP contribution in [0.1, 0.15) is 15.9 Å². The Balaban J connectivity index is 1.50. The summed E-state index contributed by atoms with van der Waals surface area (Å²) in [6, 6.07) is 20.9. The van der Waals surface area contributed by atoms with Gasteiger partial charge in [0, 0.05) is 24.3 Å². The number of aromatic nitrogens is 2. The summed E-state index contributed by atoms with van der Waals surface area (Å²) in [6.07, 6.45) is 0. The van der Waals surface area contributed by atoms with Crippen molar-refractivity contribution in [3.63, 3.8) is 0 Å². The van der Waals surface area contributed by atoms with Crippen LogP contribution in [0.15, 0.2) is 82.7 Å². The second-order valence-electron chi connectivity index (χ2n) is 8.29. The topological polar surface area (TPSA) is 64.4 Å². The molecule has 0 bridgehead atoms. The molecule has 0 atom stereocenters. The van der Waals surface area contributed by atoms with E-state index in [1.54, 1.807) is 4.57 Å². The number of benzene rings is 3. The van der Waals surface area contributed by atoms with E-state index < -0.39 is 5.82 Å². The molecule has 178 valence electrons. The molecule has 0 spiro atoms. The first-order valence-electron chi connectivity index (χ1n) is 11.4. The third-order valence-electron chi connectivity index (χ3n) is 5.96. The number of nitrogens with zero attached hydrogens (tertiary/aromatic N) is 3. The minimum atomic E-state index is -0.390. The molecule has 0 radical (unpaired) electrons. The van der Waals surface area contributed by atoms with Crippen LogP contribution in [0.3, 0.4) is 0 Å². The number of thioether (sulfide) groups is 1. The smallest absolute Gasteiger partial charge is 0.262 e. The number of ketones is 1. The number of ether oxygens (including phenoxy) is 1. The van der Waals surface area contributed by atoms with Crippen LogP contribution in [-0.4, -0.2) is 47.4 Å². The second kappa shape index (κ2) is 10.4. The number of halogens is 1. The monoisotopic (exact) mass is 489 g/mol. The van der Waals surface area contributed by atoms with Gasteiger partial charge in [-0.05, 0) is 48.0 Å². The number of hydrogen-bond acceptors (Lipinski definition) is 6. The summed E-state index contributed by atoms with van der Waals surface area (Å²) in [4.78, 5) is 33.3. The summed E-state index contributed by atoms with van der Waals surface area (Å²) < 4.78 is 20.3. The number of carbonyl (C=O) groups is 1. The third-order valence-corrected chi connectivity index (χ3v) is 6.94. The Morgan fingerprint density at radius 3 is 2.49 bits per heavy atom. The van der Waals surface area contributed by atoms with E-state index in [0.29, 0.717) is 41.4 Å². The van der Waals surface area contributed by atoms with Gasteiger partial charge in [0.25, 0.3) is 5.56 Å². The molecule has 35 heavy (non-hydrogen) atoms. The summed E-state index contributed by atoms with van der Waals surface area (Å²) in [6.45, 7) is 3.21. The first kappa shape index (κ1) is 23.3. The van der Waals surface area contributed by atoms with E-state index in [1.165, 1.54) is 36.0 Å². The molecular formula is C27H24FN3O3S. The van der Waals surface area contributed by atoms with E-state index in [-0.39, 0.29) is 17.1 Å². The van der Waals surface area contributed by atoms with Crippen LogP contribution in [0.4, 0.5) is 10.1 Å². The average molecular weight is 490 g/mol. The van der Waals surface area contributed by atoms with Crippen molar-refractivity contribution in [1.29, 1.82) is 0 Å². The van der Waals surface area contributed by atoms with Gasteiger partial charge in [0.1, 0.15) is 5.82 Å². The predicted molar refractivity (Wildman–Crippen MR) is 136 cm³/mol. The van der Waals surface area contributed by atoms with Crippen molar-refractivity contribution in [3.05, 3.63) is 100 Å². The molecule has 2 heterocycles. The van der Waals surface area contributed by atoms with Gasteiger partial charge >= 0.3 is 0 Å². The molecule has 1 saturated heterocycles. The van der Waals surface area contributed by atoms with Gasteiger partial charge in [-0.15, -0.1) is 0 Å². The number of anilines is 1. The van der Waals surface area contributed by atoms with Crippen molar-refractivity contribution in [2.45, 2.75) is 11.7 Å². The van der Waals surface area contributed by atoms with Gasteiger partial charge in [0.2, 0.25) is 0 Å². The molecule has 8 heteroatoms. The van der Waals surface area contributed by atoms with E-state index in [0.717, 1.165) is 24.3 Å². The summed E-state index contributed by atoms with van der Waals surface area (Å²) in [5.74, 6) is -0.457. The van der Waals surface area contributed by atoms with Crippen LogP contribution in [0.2, 0.25) is 0 Å². The third kappa shape index (κ3) is 5.28. The predicted octanol–water partition coefficient (Wildman–Crippen LogP) is 4.40. The number of fused-ring (bicyclic) bond motifs is 1. The van der Waals surface area contributed by atoms with E-state index in [9.17, 15) is 14.0 Å². The molecule has 5 rings (SSSR count). The molecule has 0 N–H and O–H groups in total. The second-order valence-corrected chi connectivity index (χ2v) is 9.23. The molecule has 0 unspecified atom stereocenters. The fraction of sp³-hybridized carbons (Fsp3) is 0.222. The Labute approximate surface area is 206 Å². The molecule has 1 aliphatic rings. The fourth-order valence-corrected chi connectivity index (χ4v) is 4.96. The van der Waals surface area contributed by atoms with Crippen LogP contribution >= 0.6 is 11.8 Å². The average Bonchev–Trinajstić information content (AvgIpc) is 2.90. The zero-order valence-corrected chi connectivity index (χ0v) is 19.8. The highest BCUT2D eigenvalue weighted by Crippen LogP contribution is 2.24. The Kier molecular flexibility index (Phi) is 6.92. The lowest BCUT2D eigenvalue weighted by Gasteiger charge is -2.29. The molecule has 1 fully saturated rings. The Morgan fingerprint density at radius 2 is 1.74 bits per heavy atom. The first-order valence-corrected chi connectivity index (χ1v) is 12.4. The van der Waals surface area contributed by atoms with Crippen LogP contribution in [0.25, 0.3) is 10.9 Å². The summed E-state index contributed by atoms with van der Waals surface area (Å²) in [5.41, 5.74) is 2.80. The Morgan fingerprint density at radius 1 is 1.00 bits per heavy atom. The normalized spacial score (nSPS) is 13.8. The van der Waals surface area contributed by atoms with Gasteiger partial charge in [0.15, 0.2) is 10.9 Å². The van der Waals surface area contributed by atoms with Crippen molar-refractivity contribution < 1.29 is 13.9 Å². The lowest BCUT2D eigenvalue weighted by molar-refractivity contribution is 0.102. The SMILES string of the molecule is O=C(CSc1nc2ccc(N3CCOCC3)cc2c(=O)n1Cc1ccccc1)c1ccc(F)cc1. The quantitative estimate of drug-likeness (QED) is 0.218. The summed E-state index contributed by atoms with van der Waals surface area (Å²) >= 11 is 1.22. The maximum Gasteiger partial charge on any atom is 0.262 e. The summed E-state index contributed by atoms with van der Waals surface area (Å²) in [5, 5.41) is 1.01. The standard InChI is InChI=1S/C27H24FN3O3S/c28-21-8-6-20(7-9-21)25(32)18-35-27-29-24-11-10-22(30-12-14-34-15-13-30)16-23(24)26(33)31(27)17-19-4-2-1-3-5-19/h1-11,16H,12-15,17-18H2. The Hall–Kier alpha value is -3.49. The van der Waals surface area contributed by atoms with Gasteiger partial charge in [-0.25, -0.2) is 9.37 Å². The molecule has 6 nitrogen and oxygen atoms in total. The molecule has 1 aliphatic heterocycles. The van der Waals surface area contributed by atoms with Gasteiger partial charge in [-0.2, -0.15) is 0 Å². The molecule has 0 aliphatic carbocycles. The first-order chi connectivity index (χ1) is 17.1. The number of Topliss-reactive ketones (excluding diaryl/α,β-unsaturated/α-hetero) is 1. The van der Waals surface area contributed by atoms with E-state index in [4.69, 9.17) is 9.72 Å².